The van der Waals surface area contributed by atoms with Crippen molar-refractivity contribution in [1.29, 1.82) is 0 Å². The first-order valence-corrected chi connectivity index (χ1v) is 12.0. The van der Waals surface area contributed by atoms with Crippen molar-refractivity contribution in [2.75, 3.05) is 26.2 Å². The Kier molecular flexibility index (Phi) is 6.37. The highest BCUT2D eigenvalue weighted by atomic mass is 32.1. The molecule has 0 bridgehead atoms. The molecule has 32 heavy (non-hydrogen) atoms. The second-order valence-corrected chi connectivity index (χ2v) is 9.11. The molecule has 2 heterocycles. The number of fused-ring (bicyclic) bond motifs is 1. The minimum Gasteiger partial charge on any atom is -0.492 e. The maximum absolute atomic E-state index is 13.5. The van der Waals surface area contributed by atoms with Gasteiger partial charge in [0.25, 0.3) is 0 Å². The van der Waals surface area contributed by atoms with Crippen LogP contribution in [0.15, 0.2) is 72.8 Å². The molecule has 0 N–H and O–H groups in total. The van der Waals surface area contributed by atoms with E-state index in [0.29, 0.717) is 6.61 Å². The number of benzene rings is 3. The van der Waals surface area contributed by atoms with Gasteiger partial charge >= 0.3 is 0 Å². The van der Waals surface area contributed by atoms with Gasteiger partial charge < -0.3 is 9.47 Å². The van der Waals surface area contributed by atoms with Gasteiger partial charge in [-0.3, -0.25) is 4.90 Å². The molecule has 0 radical (unpaired) electrons. The van der Waals surface area contributed by atoms with E-state index in [9.17, 15) is 4.39 Å². The lowest BCUT2D eigenvalue weighted by atomic mass is 10.0. The topological polar surface area (TPSA) is 21.7 Å². The van der Waals surface area contributed by atoms with Crippen LogP contribution in [0.4, 0.5) is 4.39 Å². The maximum atomic E-state index is 13.5. The first-order valence-electron chi connectivity index (χ1n) is 11.2. The summed E-state index contributed by atoms with van der Waals surface area (Å²) < 4.78 is 26.8. The summed E-state index contributed by atoms with van der Waals surface area (Å²) in [4.78, 5) is 2.47. The van der Waals surface area contributed by atoms with Crippen molar-refractivity contribution < 1.29 is 13.9 Å². The van der Waals surface area contributed by atoms with Gasteiger partial charge in [-0.15, -0.1) is 0 Å². The summed E-state index contributed by atoms with van der Waals surface area (Å²) in [5.41, 5.74) is 1.93. The fourth-order valence-corrected chi connectivity index (χ4v) is 5.27. The number of nitrogens with zero attached hydrogens (tertiary/aromatic N) is 1. The average Bonchev–Trinajstić information content (AvgIpc) is 3.19. The number of halogens is 1. The van der Waals surface area contributed by atoms with E-state index in [-0.39, 0.29) is 5.82 Å². The van der Waals surface area contributed by atoms with Gasteiger partial charge in [-0.1, -0.05) is 48.1 Å². The summed E-state index contributed by atoms with van der Waals surface area (Å²) in [5.74, 6) is 1.36. The molecule has 0 aliphatic carbocycles. The van der Waals surface area contributed by atoms with Crippen LogP contribution in [0.25, 0.3) is 21.2 Å². The SMILES string of the molecule is Fc1ccc(-c2c(Oc3ccc(OCCN4CCCCC4)cc3)sc3ccccc23)cc1. The molecule has 1 fully saturated rings. The Bertz CT molecular complexity index is 1160. The number of rotatable bonds is 7. The number of ether oxygens (including phenoxy) is 2. The minimum absolute atomic E-state index is 0.244. The molecule has 1 aromatic heterocycles. The lowest BCUT2D eigenvalue weighted by Crippen LogP contribution is -2.33. The molecule has 1 aliphatic heterocycles. The van der Waals surface area contributed by atoms with Gasteiger partial charge in [-0.25, -0.2) is 4.39 Å². The number of hydrogen-bond donors (Lipinski definition) is 0. The van der Waals surface area contributed by atoms with Crippen LogP contribution in [0.2, 0.25) is 0 Å². The van der Waals surface area contributed by atoms with Crippen LogP contribution < -0.4 is 9.47 Å². The van der Waals surface area contributed by atoms with Gasteiger partial charge in [0.1, 0.15) is 23.9 Å². The van der Waals surface area contributed by atoms with Gasteiger partial charge in [-0.05, 0) is 74.0 Å². The Hall–Kier alpha value is -2.89. The molecule has 0 atom stereocenters. The Balaban J connectivity index is 1.31. The van der Waals surface area contributed by atoms with E-state index in [2.05, 4.69) is 17.0 Å². The predicted octanol–water partition coefficient (Wildman–Crippen LogP) is 7.36. The van der Waals surface area contributed by atoms with Gasteiger partial charge in [0.15, 0.2) is 5.06 Å². The summed E-state index contributed by atoms with van der Waals surface area (Å²) in [6.07, 6.45) is 3.94. The lowest BCUT2D eigenvalue weighted by molar-refractivity contribution is 0.183. The zero-order valence-corrected chi connectivity index (χ0v) is 18.7. The highest BCUT2D eigenvalue weighted by Crippen LogP contribution is 2.46. The van der Waals surface area contributed by atoms with E-state index >= 15 is 0 Å². The van der Waals surface area contributed by atoms with E-state index in [0.717, 1.165) is 44.3 Å². The van der Waals surface area contributed by atoms with E-state index in [1.807, 2.05) is 36.4 Å². The number of piperidine rings is 1. The van der Waals surface area contributed by atoms with E-state index in [1.165, 1.54) is 44.5 Å². The third-order valence-electron chi connectivity index (χ3n) is 5.86. The molecule has 4 aromatic rings. The average molecular weight is 448 g/mol. The molecule has 0 unspecified atom stereocenters. The van der Waals surface area contributed by atoms with Crippen LogP contribution in [-0.2, 0) is 0 Å². The first-order chi connectivity index (χ1) is 15.8. The molecule has 164 valence electrons. The van der Waals surface area contributed by atoms with Gasteiger partial charge in [0.2, 0.25) is 0 Å². The molecule has 1 aliphatic rings. The van der Waals surface area contributed by atoms with Crippen molar-refractivity contribution in [2.45, 2.75) is 19.3 Å². The standard InChI is InChI=1S/C27H26FNO2S/c28-21-10-8-20(9-11-21)26-24-6-2-3-7-25(24)32-27(26)31-23-14-12-22(13-15-23)30-19-18-29-16-4-1-5-17-29/h2-3,6-15H,1,4-5,16-19H2. The summed E-state index contributed by atoms with van der Waals surface area (Å²) in [6.45, 7) is 4.04. The second kappa shape index (κ2) is 9.72. The molecule has 5 heteroatoms. The molecule has 0 spiro atoms. The normalized spacial score (nSPS) is 14.5. The molecule has 5 rings (SSSR count). The van der Waals surface area contributed by atoms with Crippen molar-refractivity contribution in [3.63, 3.8) is 0 Å². The predicted molar refractivity (Wildman–Crippen MR) is 130 cm³/mol. The number of likely N-dealkylation sites (tertiary alicyclic amines) is 1. The van der Waals surface area contributed by atoms with E-state index in [1.54, 1.807) is 23.5 Å². The maximum Gasteiger partial charge on any atom is 0.189 e. The largest absolute Gasteiger partial charge is 0.492 e. The van der Waals surface area contributed by atoms with Crippen molar-refractivity contribution in [1.82, 2.24) is 4.90 Å². The molecule has 3 nitrogen and oxygen atoms in total. The minimum atomic E-state index is -0.244. The van der Waals surface area contributed by atoms with Crippen LogP contribution in [0.5, 0.6) is 16.6 Å². The Morgan fingerprint density at radius 1 is 0.812 bits per heavy atom. The van der Waals surface area contributed by atoms with E-state index < -0.39 is 0 Å². The highest BCUT2D eigenvalue weighted by Gasteiger charge is 2.16. The van der Waals surface area contributed by atoms with E-state index in [4.69, 9.17) is 9.47 Å². The molecular formula is C27H26FNO2S. The number of thiophene rings is 1. The van der Waals surface area contributed by atoms with Crippen LogP contribution in [-0.4, -0.2) is 31.1 Å². The summed E-state index contributed by atoms with van der Waals surface area (Å²) in [5, 5.41) is 1.91. The molecular weight excluding hydrogens is 421 g/mol. The Labute approximate surface area is 192 Å². The molecule has 3 aromatic carbocycles. The van der Waals surface area contributed by atoms with Crippen molar-refractivity contribution in [3.8, 4) is 27.7 Å². The summed E-state index contributed by atoms with van der Waals surface area (Å²) in [7, 11) is 0. The van der Waals surface area contributed by atoms with Crippen molar-refractivity contribution in [2.24, 2.45) is 0 Å². The van der Waals surface area contributed by atoms with Crippen molar-refractivity contribution >= 4 is 21.4 Å². The lowest BCUT2D eigenvalue weighted by Gasteiger charge is -2.26. The third-order valence-corrected chi connectivity index (χ3v) is 6.90. The van der Waals surface area contributed by atoms with Gasteiger partial charge in [-0.2, -0.15) is 0 Å². The monoisotopic (exact) mass is 447 g/mol. The zero-order chi connectivity index (χ0) is 21.8. The summed E-state index contributed by atoms with van der Waals surface area (Å²) in [6, 6.07) is 22.6. The third kappa shape index (κ3) is 4.79. The molecule has 0 saturated carbocycles. The fourth-order valence-electron chi connectivity index (χ4n) is 4.17. The fraction of sp³-hybridized carbons (Fsp3) is 0.259. The van der Waals surface area contributed by atoms with Gasteiger partial charge in [0, 0.05) is 22.2 Å². The molecule has 1 saturated heterocycles. The van der Waals surface area contributed by atoms with Crippen molar-refractivity contribution in [3.05, 3.63) is 78.6 Å². The first kappa shape index (κ1) is 21.0. The van der Waals surface area contributed by atoms with Crippen LogP contribution in [0.3, 0.4) is 0 Å². The highest BCUT2D eigenvalue weighted by molar-refractivity contribution is 7.21. The molecule has 0 amide bonds. The van der Waals surface area contributed by atoms with Gasteiger partial charge in [0.05, 0.1) is 0 Å². The Morgan fingerprint density at radius 3 is 2.31 bits per heavy atom. The van der Waals surface area contributed by atoms with Crippen LogP contribution >= 0.6 is 11.3 Å². The number of hydrogen-bond acceptors (Lipinski definition) is 4. The Morgan fingerprint density at radius 2 is 1.53 bits per heavy atom. The zero-order valence-electron chi connectivity index (χ0n) is 17.9. The smallest absolute Gasteiger partial charge is 0.189 e. The second-order valence-electron chi connectivity index (χ2n) is 8.09. The van der Waals surface area contributed by atoms with Crippen LogP contribution in [0, 0.1) is 5.82 Å². The quantitative estimate of drug-likeness (QED) is 0.295. The summed E-state index contributed by atoms with van der Waals surface area (Å²) >= 11 is 1.60. The van der Waals surface area contributed by atoms with Crippen LogP contribution in [0.1, 0.15) is 19.3 Å².